The third-order valence-corrected chi connectivity index (χ3v) is 46.0. The Bertz CT molecular complexity index is 6770. The molecule has 0 spiro atoms. The molecule has 9 heteroatoms. The lowest BCUT2D eigenvalue weighted by Gasteiger charge is -2.34. The highest BCUT2D eigenvalue weighted by atomic mass is 28.3. The highest BCUT2D eigenvalue weighted by molar-refractivity contribution is 7.22. The van der Waals surface area contributed by atoms with Crippen molar-refractivity contribution in [2.45, 2.75) is 0 Å². The number of hydrogen-bond acceptors (Lipinski definition) is 2. The lowest BCUT2D eigenvalue weighted by atomic mass is 10.1. The number of hydrogen-bond donors (Lipinski definition) is 0. The molecule has 0 aliphatic carbocycles. The predicted octanol–water partition coefficient (Wildman–Crippen LogP) is 16.9. The van der Waals surface area contributed by atoms with E-state index in [0.29, 0.717) is 5.95 Å². The Labute approximate surface area is 743 Å². The van der Waals surface area contributed by atoms with Gasteiger partial charge >= 0.3 is 0 Å². The summed E-state index contributed by atoms with van der Waals surface area (Å²) in [6.45, 7) is 0. The van der Waals surface area contributed by atoms with Crippen LogP contribution < -0.4 is 83.0 Å². The van der Waals surface area contributed by atoms with Crippen molar-refractivity contribution in [2.24, 2.45) is 0 Å². The van der Waals surface area contributed by atoms with Crippen LogP contribution in [0.25, 0.3) is 94.1 Å². The van der Waals surface area contributed by atoms with E-state index in [2.05, 4.69) is 529 Å². The van der Waals surface area contributed by atoms with Gasteiger partial charge in [-0.3, -0.25) is 9.13 Å². The van der Waals surface area contributed by atoms with Crippen molar-refractivity contribution in [3.05, 3.63) is 516 Å². The molecule has 4 heterocycles. The zero-order valence-corrected chi connectivity index (χ0v) is 73.8. The van der Waals surface area contributed by atoms with Crippen LogP contribution in [0, 0.1) is 0 Å². The van der Waals surface area contributed by atoms with Gasteiger partial charge in [0.1, 0.15) is 5.82 Å². The fourth-order valence-corrected chi connectivity index (χ4v) is 40.6. The van der Waals surface area contributed by atoms with Crippen LogP contribution in [0.4, 0.5) is 0 Å². The molecule has 19 aromatic carbocycles. The molecule has 0 N–H and O–H groups in total. The molecule has 598 valence electrons. The summed E-state index contributed by atoms with van der Waals surface area (Å²) in [6, 6.07) is 195. The Morgan fingerprint density at radius 1 is 0.150 bits per heavy atom. The second-order valence-electron chi connectivity index (χ2n) is 33.3. The molecule has 23 rings (SSSR count). The monoisotopic (exact) mass is 1680 g/mol. The first kappa shape index (κ1) is 76.4. The van der Waals surface area contributed by atoms with Crippen molar-refractivity contribution >= 4 is 181 Å². The van der Waals surface area contributed by atoms with Crippen molar-refractivity contribution in [2.75, 3.05) is 0 Å². The standard InChI is InChI=1S/C118H85N5Si4/c1-13-44-88(45-14-1)124(89-46-15-2-16-47-89,90-48-17-3-18-49-90)100-72-76-113-106(81-100)107-82-101(125(91-50-19-4-20-51-91,92-52-21-5-22-53-92)93-54-23-6-24-55-93)73-77-114(107)122(113)117-85-110(86-42-41-43-87(80-86)121-111-70-39-37-68-104(111)105-69-38-40-71-112(105)121)119-118(120-117)123-115-78-74-102(126(94-56-25-7-26-57-94,95-58-27-8-28-59-95)96-60-29-9-30-61-96)83-108(115)109-84-103(75-79-116(109)123)127(97-62-31-10-32-63-97,98-64-33-11-34-65-98)99-66-35-12-36-67-99/h1-85H. The highest BCUT2D eigenvalue weighted by Gasteiger charge is 2.47. The predicted molar refractivity (Wildman–Crippen MR) is 545 cm³/mol. The van der Waals surface area contributed by atoms with Gasteiger partial charge in [0.2, 0.25) is 5.95 Å². The zero-order valence-electron chi connectivity index (χ0n) is 69.8. The number of benzene rings is 19. The second-order valence-corrected chi connectivity index (χ2v) is 48.6. The maximum absolute atomic E-state index is 6.30. The van der Waals surface area contributed by atoms with Gasteiger partial charge in [-0.05, 0) is 132 Å². The van der Waals surface area contributed by atoms with Crippen LogP contribution in [0.1, 0.15) is 0 Å². The van der Waals surface area contributed by atoms with E-state index in [1.807, 2.05) is 0 Å². The summed E-state index contributed by atoms with van der Waals surface area (Å²) < 4.78 is 7.29. The molecule has 23 aromatic rings. The summed E-state index contributed by atoms with van der Waals surface area (Å²) in [5.41, 5.74) is 9.05. The number of aromatic nitrogens is 5. The fourth-order valence-electron chi connectivity index (χ4n) is 21.5. The third-order valence-electron chi connectivity index (χ3n) is 26.9. The molecule has 0 saturated carbocycles. The summed E-state index contributed by atoms with van der Waals surface area (Å²) in [5, 5.41) is 27.6. The fraction of sp³-hybridized carbons (Fsp3) is 0. The zero-order chi connectivity index (χ0) is 84.3. The molecule has 0 aliphatic rings. The van der Waals surface area contributed by atoms with E-state index in [1.54, 1.807) is 0 Å². The maximum atomic E-state index is 6.30. The Hall–Kier alpha value is -15.5. The van der Waals surface area contributed by atoms with Gasteiger partial charge in [0, 0.05) is 49.6 Å². The average molecular weight is 1690 g/mol. The SMILES string of the molecule is c1ccc([Si](c2ccccc2)(c2ccccc2)c2ccc3c(c2)c2cc([Si](c4ccccc4)(c4ccccc4)c4ccccc4)ccc2n3-c2cc(-c3cccc(-n4c5ccccc5c5ccccc54)c3)nc(-n3c4ccc([Si](c5ccccc5)(c5ccccc5)c5ccccc5)cc4c4cc([Si](c5ccccc5)(c5ccccc5)c5ccccc5)ccc43)n2)cc1. The number of nitrogens with zero attached hydrogens (tertiary/aromatic N) is 5. The third kappa shape index (κ3) is 12.4. The molecule has 0 atom stereocenters. The van der Waals surface area contributed by atoms with E-state index in [4.69, 9.17) is 9.97 Å². The van der Waals surface area contributed by atoms with Gasteiger partial charge in [-0.25, -0.2) is 4.98 Å². The number of fused-ring (bicyclic) bond motifs is 9. The van der Waals surface area contributed by atoms with Crippen LogP contribution >= 0.6 is 0 Å². The van der Waals surface area contributed by atoms with Crippen LogP contribution in [-0.4, -0.2) is 56.0 Å². The van der Waals surface area contributed by atoms with Crippen molar-refractivity contribution in [1.82, 2.24) is 23.7 Å². The molecule has 0 aliphatic heterocycles. The van der Waals surface area contributed by atoms with Crippen LogP contribution in [0.15, 0.2) is 516 Å². The molecule has 127 heavy (non-hydrogen) atoms. The molecule has 0 bridgehead atoms. The maximum Gasteiger partial charge on any atom is 0.237 e. The van der Waals surface area contributed by atoms with Crippen LogP contribution in [0.3, 0.4) is 0 Å². The van der Waals surface area contributed by atoms with E-state index in [1.165, 1.54) is 93.8 Å². The first-order chi connectivity index (χ1) is 63.0. The van der Waals surface area contributed by atoms with E-state index < -0.39 is 32.3 Å². The van der Waals surface area contributed by atoms with Crippen LogP contribution in [0.2, 0.25) is 0 Å². The van der Waals surface area contributed by atoms with Gasteiger partial charge in [-0.2, -0.15) is 4.98 Å². The molecule has 5 nitrogen and oxygen atoms in total. The van der Waals surface area contributed by atoms with Gasteiger partial charge < -0.3 is 4.57 Å². The summed E-state index contributed by atoms with van der Waals surface area (Å²) in [4.78, 5) is 12.4. The van der Waals surface area contributed by atoms with Gasteiger partial charge in [0.15, 0.2) is 32.3 Å². The second kappa shape index (κ2) is 32.0. The smallest absolute Gasteiger partial charge is 0.237 e. The summed E-state index contributed by atoms with van der Waals surface area (Å²) in [7, 11) is -12.7. The quantitative estimate of drug-likeness (QED) is 0.0564. The molecule has 4 aromatic heterocycles. The minimum Gasteiger partial charge on any atom is -0.309 e. The van der Waals surface area contributed by atoms with E-state index in [-0.39, 0.29) is 0 Å². The minimum absolute atomic E-state index is 0.543. The van der Waals surface area contributed by atoms with E-state index in [0.717, 1.165) is 77.4 Å². The Kier molecular flexibility index (Phi) is 19.3. The average Bonchev–Trinajstić information content (AvgIpc) is 1.60. The van der Waals surface area contributed by atoms with Crippen LogP contribution in [-0.2, 0) is 0 Å². The molecule has 0 unspecified atom stereocenters. The van der Waals surface area contributed by atoms with E-state index >= 15 is 0 Å². The lowest BCUT2D eigenvalue weighted by molar-refractivity contribution is 0.952. The first-order valence-electron chi connectivity index (χ1n) is 43.8. The van der Waals surface area contributed by atoms with Crippen molar-refractivity contribution in [3.63, 3.8) is 0 Å². The van der Waals surface area contributed by atoms with Crippen molar-refractivity contribution < 1.29 is 0 Å². The van der Waals surface area contributed by atoms with Crippen molar-refractivity contribution in [3.8, 4) is 28.7 Å². The minimum atomic E-state index is -3.18. The summed E-state index contributed by atoms with van der Waals surface area (Å²) in [5.74, 6) is 1.27. The normalized spacial score (nSPS) is 12.1. The molecular formula is C118H85N5Si4. The van der Waals surface area contributed by atoms with E-state index in [9.17, 15) is 0 Å². The lowest BCUT2D eigenvalue weighted by Crippen LogP contribution is -2.74. The topological polar surface area (TPSA) is 40.6 Å². The van der Waals surface area contributed by atoms with Gasteiger partial charge in [0.25, 0.3) is 0 Å². The molecule has 0 fully saturated rings. The Morgan fingerprint density at radius 2 is 0.378 bits per heavy atom. The molecular weight excluding hydrogens is 1600 g/mol. The van der Waals surface area contributed by atoms with Gasteiger partial charge in [-0.1, -0.05) is 461 Å². The molecule has 0 saturated heterocycles. The first-order valence-corrected chi connectivity index (χ1v) is 51.8. The summed E-state index contributed by atoms with van der Waals surface area (Å²) >= 11 is 0. The van der Waals surface area contributed by atoms with Crippen molar-refractivity contribution in [1.29, 1.82) is 0 Å². The molecule has 0 radical (unpaired) electrons. The largest absolute Gasteiger partial charge is 0.309 e. The Morgan fingerprint density at radius 3 is 0.638 bits per heavy atom. The van der Waals surface area contributed by atoms with Crippen LogP contribution in [0.5, 0.6) is 0 Å². The molecule has 0 amide bonds. The number of para-hydroxylation sites is 2. The van der Waals surface area contributed by atoms with Gasteiger partial charge in [0.05, 0.1) is 38.8 Å². The number of rotatable bonds is 20. The highest BCUT2D eigenvalue weighted by Crippen LogP contribution is 2.39. The Balaban J connectivity index is 0.860. The summed E-state index contributed by atoms with van der Waals surface area (Å²) in [6.07, 6.45) is 0. The van der Waals surface area contributed by atoms with Gasteiger partial charge in [-0.15, -0.1) is 0 Å².